The summed E-state index contributed by atoms with van der Waals surface area (Å²) in [6.07, 6.45) is 6.85. The van der Waals surface area contributed by atoms with Crippen molar-refractivity contribution in [2.45, 2.75) is 46.0 Å². The monoisotopic (exact) mass is 386 g/mol. The smallest absolute Gasteiger partial charge is 0.122 e. The zero-order chi connectivity index (χ0) is 20.4. The van der Waals surface area contributed by atoms with Gasteiger partial charge in [0.2, 0.25) is 0 Å². The van der Waals surface area contributed by atoms with Crippen LogP contribution in [-0.4, -0.2) is 17.8 Å². The summed E-state index contributed by atoms with van der Waals surface area (Å²) in [5.74, 6) is 2.11. The largest absolute Gasteiger partial charge is 0.492 e. The first-order valence-electron chi connectivity index (χ1n) is 10.6. The summed E-state index contributed by atoms with van der Waals surface area (Å²) in [6, 6.07) is 17.0. The normalized spacial score (nSPS) is 16.0. The van der Waals surface area contributed by atoms with Crippen molar-refractivity contribution < 1.29 is 4.74 Å². The van der Waals surface area contributed by atoms with Gasteiger partial charge in [0.05, 0.1) is 12.1 Å². The Balaban J connectivity index is 1.65. The minimum Gasteiger partial charge on any atom is -0.492 e. The van der Waals surface area contributed by atoms with E-state index < -0.39 is 0 Å². The zero-order valence-corrected chi connectivity index (χ0v) is 17.6. The lowest BCUT2D eigenvalue weighted by atomic mass is 9.84. The van der Waals surface area contributed by atoms with Crippen molar-refractivity contribution in [2.75, 3.05) is 6.61 Å². The second-order valence-electron chi connectivity index (χ2n) is 9.09. The van der Waals surface area contributed by atoms with E-state index >= 15 is 0 Å². The fraction of sp³-hybridized carbons (Fsp3) is 0.385. The Hall–Kier alpha value is -2.68. The Labute approximate surface area is 173 Å². The lowest BCUT2D eigenvalue weighted by molar-refractivity contribution is 0.198. The van der Waals surface area contributed by atoms with Gasteiger partial charge in [0.15, 0.2) is 0 Å². The van der Waals surface area contributed by atoms with Crippen molar-refractivity contribution in [3.8, 4) is 16.9 Å². The molecule has 1 aliphatic rings. The molecule has 1 unspecified atom stereocenters. The number of benzene rings is 2. The molecule has 1 aliphatic carbocycles. The molecule has 4 rings (SSSR count). The molecule has 2 aromatic carbocycles. The van der Waals surface area contributed by atoms with Gasteiger partial charge < -0.3 is 10.1 Å². The van der Waals surface area contributed by atoms with Crippen LogP contribution in [0.15, 0.2) is 54.7 Å². The number of nitrogens with one attached hydrogen (secondary N) is 1. The van der Waals surface area contributed by atoms with Crippen LogP contribution < -0.4 is 4.74 Å². The Kier molecular flexibility index (Phi) is 5.40. The van der Waals surface area contributed by atoms with E-state index in [1.54, 1.807) is 6.21 Å². The van der Waals surface area contributed by atoms with E-state index in [0.29, 0.717) is 18.4 Å². The van der Waals surface area contributed by atoms with Crippen molar-refractivity contribution in [3.63, 3.8) is 0 Å². The summed E-state index contributed by atoms with van der Waals surface area (Å²) in [6.45, 7) is 7.07. The zero-order valence-electron chi connectivity index (χ0n) is 17.6. The minimum absolute atomic E-state index is 0.227. The summed E-state index contributed by atoms with van der Waals surface area (Å²) in [7, 11) is 0. The molecule has 29 heavy (non-hydrogen) atoms. The third kappa shape index (κ3) is 4.34. The highest BCUT2D eigenvalue weighted by Gasteiger charge is 2.29. The number of pyridine rings is 1. The van der Waals surface area contributed by atoms with Crippen LogP contribution in [0, 0.1) is 16.7 Å². The Morgan fingerprint density at radius 3 is 2.69 bits per heavy atom. The number of para-hydroxylation sites is 1. The molecule has 150 valence electrons. The first-order chi connectivity index (χ1) is 14.0. The summed E-state index contributed by atoms with van der Waals surface area (Å²) in [5.41, 5.74) is 4.53. The van der Waals surface area contributed by atoms with Crippen LogP contribution >= 0.6 is 0 Å². The molecule has 1 N–H and O–H groups in total. The fourth-order valence-electron chi connectivity index (χ4n) is 4.24. The molecule has 0 radical (unpaired) electrons. The molecule has 0 aliphatic heterocycles. The molecule has 1 fully saturated rings. The van der Waals surface area contributed by atoms with Crippen LogP contribution in [0.4, 0.5) is 0 Å². The highest BCUT2D eigenvalue weighted by Crippen LogP contribution is 2.46. The molecule has 1 saturated carbocycles. The van der Waals surface area contributed by atoms with Crippen LogP contribution in [-0.2, 0) is 0 Å². The summed E-state index contributed by atoms with van der Waals surface area (Å²) in [4.78, 5) is 4.50. The van der Waals surface area contributed by atoms with Crippen molar-refractivity contribution in [1.82, 2.24) is 4.98 Å². The van der Waals surface area contributed by atoms with Crippen molar-refractivity contribution in [3.05, 3.63) is 60.3 Å². The van der Waals surface area contributed by atoms with E-state index in [-0.39, 0.29) is 5.41 Å². The lowest BCUT2D eigenvalue weighted by Crippen LogP contribution is -2.28. The lowest BCUT2D eigenvalue weighted by Gasteiger charge is -2.27. The average Bonchev–Trinajstić information content (AvgIpc) is 3.57. The topological polar surface area (TPSA) is 46.0 Å². The molecular weight excluding hydrogens is 356 g/mol. The van der Waals surface area contributed by atoms with E-state index in [4.69, 9.17) is 10.1 Å². The van der Waals surface area contributed by atoms with Crippen LogP contribution in [0.2, 0.25) is 0 Å². The van der Waals surface area contributed by atoms with Gasteiger partial charge in [-0.25, -0.2) is 0 Å². The van der Waals surface area contributed by atoms with Gasteiger partial charge in [-0.05, 0) is 72.1 Å². The van der Waals surface area contributed by atoms with E-state index in [1.807, 2.05) is 12.3 Å². The van der Waals surface area contributed by atoms with E-state index in [1.165, 1.54) is 34.9 Å². The van der Waals surface area contributed by atoms with Crippen LogP contribution in [0.3, 0.4) is 0 Å². The molecule has 1 atom stereocenters. The Morgan fingerprint density at radius 2 is 1.97 bits per heavy atom. The van der Waals surface area contributed by atoms with Gasteiger partial charge in [-0.3, -0.25) is 4.98 Å². The highest BCUT2D eigenvalue weighted by molar-refractivity contribution is 5.94. The van der Waals surface area contributed by atoms with Gasteiger partial charge >= 0.3 is 0 Å². The van der Waals surface area contributed by atoms with Gasteiger partial charge in [-0.2, -0.15) is 0 Å². The molecule has 0 spiro atoms. The Morgan fingerprint density at radius 1 is 1.17 bits per heavy atom. The predicted octanol–water partition coefficient (Wildman–Crippen LogP) is 6.86. The maximum Gasteiger partial charge on any atom is 0.122 e. The molecule has 3 heteroatoms. The van der Waals surface area contributed by atoms with Crippen molar-refractivity contribution in [1.29, 1.82) is 5.41 Å². The van der Waals surface area contributed by atoms with Crippen LogP contribution in [0.25, 0.3) is 22.0 Å². The second kappa shape index (κ2) is 7.98. The van der Waals surface area contributed by atoms with Gasteiger partial charge in [0.1, 0.15) is 5.75 Å². The first kappa shape index (κ1) is 19.6. The highest BCUT2D eigenvalue weighted by atomic mass is 16.5. The third-order valence-electron chi connectivity index (χ3n) is 5.77. The molecule has 1 heterocycles. The molecule has 0 saturated heterocycles. The Bertz CT molecular complexity index is 1020. The number of ether oxygens (including phenoxy) is 1. The number of fused-ring (bicyclic) bond motifs is 1. The quantitative estimate of drug-likeness (QED) is 0.430. The molecule has 3 nitrogen and oxygen atoms in total. The van der Waals surface area contributed by atoms with E-state index in [0.717, 1.165) is 17.7 Å². The molecular formula is C26H30N2O. The van der Waals surface area contributed by atoms with Gasteiger partial charge in [0, 0.05) is 23.2 Å². The van der Waals surface area contributed by atoms with Crippen molar-refractivity contribution in [2.24, 2.45) is 11.3 Å². The molecule has 3 aromatic rings. The second-order valence-corrected chi connectivity index (χ2v) is 9.09. The third-order valence-corrected chi connectivity index (χ3v) is 5.77. The molecule has 1 aromatic heterocycles. The van der Waals surface area contributed by atoms with E-state index in [9.17, 15) is 0 Å². The fourth-order valence-corrected chi connectivity index (χ4v) is 4.24. The average molecular weight is 387 g/mol. The summed E-state index contributed by atoms with van der Waals surface area (Å²) < 4.78 is 6.31. The number of hydrogen-bond acceptors (Lipinski definition) is 3. The van der Waals surface area contributed by atoms with Crippen LogP contribution in [0.5, 0.6) is 5.75 Å². The molecule has 0 amide bonds. The van der Waals surface area contributed by atoms with Gasteiger partial charge in [-0.15, -0.1) is 0 Å². The van der Waals surface area contributed by atoms with Gasteiger partial charge in [-0.1, -0.05) is 45.0 Å². The number of hydrogen-bond donors (Lipinski definition) is 1. The predicted molar refractivity (Wildman–Crippen MR) is 121 cm³/mol. The van der Waals surface area contributed by atoms with Gasteiger partial charge in [0.25, 0.3) is 0 Å². The van der Waals surface area contributed by atoms with E-state index in [2.05, 4.69) is 68.2 Å². The maximum absolute atomic E-state index is 7.88. The minimum atomic E-state index is -0.227. The number of nitrogens with zero attached hydrogens (tertiary/aromatic N) is 1. The first-order valence-corrected chi connectivity index (χ1v) is 10.6. The standard InChI is InChI=1S/C26H30N2O/c1-18(2)15-26(3,16-27)17-29-25-11-10-20(14-23(25)19-8-9-19)21-12-13-28-24-7-5-4-6-22(21)24/h4-7,10-14,16,18-19,27H,8-9,15,17H2,1-3H3. The molecule has 0 bridgehead atoms. The number of aromatic nitrogens is 1. The number of rotatable bonds is 8. The summed E-state index contributed by atoms with van der Waals surface area (Å²) >= 11 is 0. The maximum atomic E-state index is 7.88. The summed E-state index contributed by atoms with van der Waals surface area (Å²) in [5, 5.41) is 9.06. The SMILES string of the molecule is CC(C)CC(C)(C=N)COc1ccc(-c2ccnc3ccccc23)cc1C1CC1. The van der Waals surface area contributed by atoms with Crippen LogP contribution in [0.1, 0.15) is 51.5 Å². The van der Waals surface area contributed by atoms with Crippen molar-refractivity contribution >= 4 is 17.1 Å².